The number of amides is 1. The van der Waals surface area contributed by atoms with Crippen LogP contribution < -0.4 is 5.32 Å². The molecule has 1 saturated heterocycles. The minimum atomic E-state index is -0.332. The topological polar surface area (TPSA) is 35.6 Å². The van der Waals surface area contributed by atoms with Gasteiger partial charge in [-0.1, -0.05) is 18.2 Å². The zero-order valence-electron chi connectivity index (χ0n) is 12.4. The predicted molar refractivity (Wildman–Crippen MR) is 94.4 cm³/mol. The summed E-state index contributed by atoms with van der Waals surface area (Å²) in [5.74, 6) is -0.269. The number of para-hydroxylation sites is 1. The molecule has 0 atom stereocenters. The number of thiocarbonyl (C=S) groups is 1. The minimum absolute atomic E-state index is 0.0626. The standard InChI is InChI=1S/C16H16FN3OS2/c17-12-4-1-2-5-13(12)18-16(22)20-9-7-19(8-10-20)15(21)14-6-3-11-23-14/h1-6,11H,7-10H2,(H,18,22). The van der Waals surface area contributed by atoms with Crippen molar-refractivity contribution in [1.82, 2.24) is 9.80 Å². The number of nitrogens with one attached hydrogen (secondary N) is 1. The number of benzene rings is 1. The maximum atomic E-state index is 13.6. The van der Waals surface area contributed by atoms with Gasteiger partial charge in [0, 0.05) is 26.2 Å². The largest absolute Gasteiger partial charge is 0.345 e. The first kappa shape index (κ1) is 15.9. The Kier molecular flexibility index (Phi) is 4.88. The van der Waals surface area contributed by atoms with Gasteiger partial charge in [0.1, 0.15) is 5.82 Å². The molecule has 1 N–H and O–H groups in total. The normalized spacial score (nSPS) is 14.7. The highest BCUT2D eigenvalue weighted by Crippen LogP contribution is 2.16. The van der Waals surface area contributed by atoms with Crippen LogP contribution in [0.5, 0.6) is 0 Å². The number of rotatable bonds is 2. The monoisotopic (exact) mass is 349 g/mol. The van der Waals surface area contributed by atoms with Gasteiger partial charge in [0.2, 0.25) is 0 Å². The van der Waals surface area contributed by atoms with Gasteiger partial charge in [-0.2, -0.15) is 0 Å². The number of thiophene rings is 1. The van der Waals surface area contributed by atoms with E-state index >= 15 is 0 Å². The Hall–Kier alpha value is -1.99. The Morgan fingerprint density at radius 3 is 2.43 bits per heavy atom. The molecule has 7 heteroatoms. The van der Waals surface area contributed by atoms with Gasteiger partial charge in [0.05, 0.1) is 10.6 Å². The summed E-state index contributed by atoms with van der Waals surface area (Å²) < 4.78 is 13.6. The van der Waals surface area contributed by atoms with Gasteiger partial charge in [-0.3, -0.25) is 4.79 Å². The van der Waals surface area contributed by atoms with E-state index in [9.17, 15) is 9.18 Å². The molecule has 2 aromatic rings. The number of anilines is 1. The lowest BCUT2D eigenvalue weighted by Gasteiger charge is -2.36. The van der Waals surface area contributed by atoms with Gasteiger partial charge in [-0.05, 0) is 35.8 Å². The molecule has 1 aromatic heterocycles. The molecule has 4 nitrogen and oxygen atoms in total. The van der Waals surface area contributed by atoms with Crippen LogP contribution in [0, 0.1) is 5.82 Å². The fourth-order valence-corrected chi connectivity index (χ4v) is 3.41. The minimum Gasteiger partial charge on any atom is -0.345 e. The number of nitrogens with zero attached hydrogens (tertiary/aromatic N) is 2. The number of carbonyl (C=O) groups excluding carboxylic acids is 1. The lowest BCUT2D eigenvalue weighted by molar-refractivity contribution is 0.0698. The summed E-state index contributed by atoms with van der Waals surface area (Å²) in [7, 11) is 0. The van der Waals surface area contributed by atoms with Crippen molar-refractivity contribution in [2.24, 2.45) is 0 Å². The van der Waals surface area contributed by atoms with Crippen LogP contribution >= 0.6 is 23.6 Å². The first-order valence-corrected chi connectivity index (χ1v) is 8.57. The first-order valence-electron chi connectivity index (χ1n) is 7.28. The Morgan fingerprint density at radius 1 is 1.09 bits per heavy atom. The summed E-state index contributed by atoms with van der Waals surface area (Å²) in [6.45, 7) is 2.49. The molecule has 0 saturated carbocycles. The average molecular weight is 349 g/mol. The molecule has 0 spiro atoms. The highest BCUT2D eigenvalue weighted by Gasteiger charge is 2.24. The summed E-state index contributed by atoms with van der Waals surface area (Å²) in [4.78, 5) is 16.8. The molecular weight excluding hydrogens is 333 g/mol. The fraction of sp³-hybridized carbons (Fsp3) is 0.250. The van der Waals surface area contributed by atoms with E-state index in [2.05, 4.69) is 5.32 Å². The van der Waals surface area contributed by atoms with Crippen molar-refractivity contribution in [1.29, 1.82) is 0 Å². The molecule has 1 aliphatic heterocycles. The van der Waals surface area contributed by atoms with Gasteiger partial charge in [0.25, 0.3) is 5.91 Å². The summed E-state index contributed by atoms with van der Waals surface area (Å²) >= 11 is 6.80. The second kappa shape index (κ2) is 7.06. The number of hydrogen-bond acceptors (Lipinski definition) is 3. The van der Waals surface area contributed by atoms with Crippen molar-refractivity contribution < 1.29 is 9.18 Å². The molecule has 1 amide bonds. The van der Waals surface area contributed by atoms with E-state index in [-0.39, 0.29) is 11.7 Å². The quantitative estimate of drug-likeness (QED) is 0.846. The molecule has 0 aliphatic carbocycles. The van der Waals surface area contributed by atoms with Gasteiger partial charge in [-0.25, -0.2) is 4.39 Å². The fourth-order valence-electron chi connectivity index (χ4n) is 2.43. The van der Waals surface area contributed by atoms with Crippen LogP contribution in [0.15, 0.2) is 41.8 Å². The SMILES string of the molecule is O=C(c1cccs1)N1CCN(C(=S)Nc2ccccc2F)CC1. The third kappa shape index (κ3) is 3.68. The van der Waals surface area contributed by atoms with Gasteiger partial charge in [-0.15, -0.1) is 11.3 Å². The molecule has 0 radical (unpaired) electrons. The Balaban J connectivity index is 1.55. The number of hydrogen-bond donors (Lipinski definition) is 1. The van der Waals surface area contributed by atoms with Crippen LogP contribution in [0.25, 0.3) is 0 Å². The van der Waals surface area contributed by atoms with Crippen molar-refractivity contribution in [3.8, 4) is 0 Å². The zero-order valence-corrected chi connectivity index (χ0v) is 14.0. The van der Waals surface area contributed by atoms with Crippen molar-refractivity contribution in [3.63, 3.8) is 0 Å². The van der Waals surface area contributed by atoms with E-state index in [1.54, 1.807) is 18.2 Å². The van der Waals surface area contributed by atoms with Crippen LogP contribution in [0.3, 0.4) is 0 Å². The van der Waals surface area contributed by atoms with Crippen LogP contribution in [-0.4, -0.2) is 47.0 Å². The highest BCUT2D eigenvalue weighted by molar-refractivity contribution is 7.80. The van der Waals surface area contributed by atoms with Gasteiger partial charge >= 0.3 is 0 Å². The average Bonchev–Trinajstić information content (AvgIpc) is 3.11. The molecule has 1 fully saturated rings. The Bertz CT molecular complexity index is 697. The van der Waals surface area contributed by atoms with E-state index < -0.39 is 0 Å². The third-order valence-corrected chi connectivity index (χ3v) is 4.92. The van der Waals surface area contributed by atoms with Crippen molar-refractivity contribution in [3.05, 3.63) is 52.5 Å². The van der Waals surface area contributed by atoms with E-state index in [1.165, 1.54) is 17.4 Å². The van der Waals surface area contributed by atoms with Crippen LogP contribution in [-0.2, 0) is 0 Å². The lowest BCUT2D eigenvalue weighted by Crippen LogP contribution is -2.51. The van der Waals surface area contributed by atoms with Crippen molar-refractivity contribution in [2.45, 2.75) is 0 Å². The summed E-state index contributed by atoms with van der Waals surface area (Å²) in [5.41, 5.74) is 0.370. The molecule has 120 valence electrons. The van der Waals surface area contributed by atoms with Gasteiger partial charge < -0.3 is 15.1 Å². The second-order valence-electron chi connectivity index (χ2n) is 5.17. The Morgan fingerprint density at radius 2 is 1.78 bits per heavy atom. The Labute approximate surface area is 143 Å². The summed E-state index contributed by atoms with van der Waals surface area (Å²) in [6, 6.07) is 10.1. The zero-order chi connectivity index (χ0) is 16.2. The smallest absolute Gasteiger partial charge is 0.264 e. The highest BCUT2D eigenvalue weighted by atomic mass is 32.1. The van der Waals surface area contributed by atoms with E-state index in [0.717, 1.165) is 4.88 Å². The third-order valence-electron chi connectivity index (χ3n) is 3.70. The lowest BCUT2D eigenvalue weighted by atomic mass is 10.3. The maximum Gasteiger partial charge on any atom is 0.264 e. The molecule has 2 heterocycles. The number of piperazine rings is 1. The predicted octanol–water partition coefficient (Wildman–Crippen LogP) is 3.04. The van der Waals surface area contributed by atoms with E-state index in [0.29, 0.717) is 37.0 Å². The summed E-state index contributed by atoms with van der Waals surface area (Å²) in [5, 5.41) is 5.32. The summed E-state index contributed by atoms with van der Waals surface area (Å²) in [6.07, 6.45) is 0. The molecular formula is C16H16FN3OS2. The molecule has 3 rings (SSSR count). The van der Waals surface area contributed by atoms with Crippen LogP contribution in [0.4, 0.5) is 10.1 Å². The maximum absolute atomic E-state index is 13.6. The van der Waals surface area contributed by atoms with Crippen LogP contribution in [0.1, 0.15) is 9.67 Å². The van der Waals surface area contributed by atoms with Crippen molar-refractivity contribution in [2.75, 3.05) is 31.5 Å². The second-order valence-corrected chi connectivity index (χ2v) is 6.50. The van der Waals surface area contributed by atoms with Crippen LogP contribution in [0.2, 0.25) is 0 Å². The van der Waals surface area contributed by atoms with E-state index in [4.69, 9.17) is 12.2 Å². The molecule has 23 heavy (non-hydrogen) atoms. The first-order chi connectivity index (χ1) is 11.1. The van der Waals surface area contributed by atoms with E-state index in [1.807, 2.05) is 27.3 Å². The molecule has 0 bridgehead atoms. The number of carbonyl (C=O) groups is 1. The number of halogens is 1. The molecule has 1 aliphatic rings. The molecule has 1 aromatic carbocycles. The molecule has 0 unspecified atom stereocenters. The van der Waals surface area contributed by atoms with Crippen molar-refractivity contribution >= 4 is 40.3 Å². The van der Waals surface area contributed by atoms with Gasteiger partial charge in [0.15, 0.2) is 5.11 Å².